The molecule has 0 bridgehead atoms. The predicted octanol–water partition coefficient (Wildman–Crippen LogP) is 6.02. The van der Waals surface area contributed by atoms with Crippen LogP contribution in [0.4, 0.5) is 0 Å². The Morgan fingerprint density at radius 1 is 0.912 bits per heavy atom. The summed E-state index contributed by atoms with van der Waals surface area (Å²) < 4.78 is 17.3. The molecule has 0 aliphatic rings. The Morgan fingerprint density at radius 3 is 2.59 bits per heavy atom. The lowest BCUT2D eigenvalue weighted by molar-refractivity contribution is -0.136. The third-order valence-corrected chi connectivity index (χ3v) is 5.74. The van der Waals surface area contributed by atoms with Gasteiger partial charge in [0.25, 0.3) is 0 Å². The zero-order valence-corrected chi connectivity index (χ0v) is 18.4. The zero-order valence-electron chi connectivity index (χ0n) is 18.4. The summed E-state index contributed by atoms with van der Waals surface area (Å²) in [6.45, 7) is 0.710. The molecule has 6 nitrogen and oxygen atoms in total. The van der Waals surface area contributed by atoms with E-state index >= 15 is 0 Å². The van der Waals surface area contributed by atoms with Gasteiger partial charge in [0.05, 0.1) is 25.2 Å². The first-order valence-corrected chi connectivity index (χ1v) is 10.9. The van der Waals surface area contributed by atoms with E-state index in [-0.39, 0.29) is 13.0 Å². The van der Waals surface area contributed by atoms with E-state index in [0.29, 0.717) is 17.9 Å². The van der Waals surface area contributed by atoms with Crippen molar-refractivity contribution < 1.29 is 23.5 Å². The van der Waals surface area contributed by atoms with Crippen molar-refractivity contribution in [1.82, 2.24) is 0 Å². The summed E-state index contributed by atoms with van der Waals surface area (Å²) >= 11 is 0. The van der Waals surface area contributed by atoms with Gasteiger partial charge < -0.3 is 24.4 Å². The van der Waals surface area contributed by atoms with E-state index < -0.39 is 5.97 Å². The van der Waals surface area contributed by atoms with Gasteiger partial charge in [-0.2, -0.15) is 0 Å². The number of fused-ring (bicyclic) bond motifs is 1. The molecule has 0 unspecified atom stereocenters. The molecule has 170 valence electrons. The lowest BCUT2D eigenvalue weighted by Crippen LogP contribution is -2.05. The van der Waals surface area contributed by atoms with Gasteiger partial charge in [0.1, 0.15) is 17.9 Å². The van der Waals surface area contributed by atoms with Gasteiger partial charge in [0, 0.05) is 34.2 Å². The maximum Gasteiger partial charge on any atom is 0.307 e. The van der Waals surface area contributed by atoms with Crippen LogP contribution in [0.5, 0.6) is 5.75 Å². The summed E-state index contributed by atoms with van der Waals surface area (Å²) in [5.74, 6) is -0.388. The van der Waals surface area contributed by atoms with Crippen molar-refractivity contribution in [1.29, 1.82) is 0 Å². The predicted molar refractivity (Wildman–Crippen MR) is 129 cm³/mol. The fraction of sp³-hybridized carbons (Fsp3) is 0.107. The first-order valence-electron chi connectivity index (χ1n) is 10.9. The molecule has 3 aromatic carbocycles. The van der Waals surface area contributed by atoms with Crippen molar-refractivity contribution in [3.8, 4) is 28.0 Å². The van der Waals surface area contributed by atoms with Crippen LogP contribution in [0.15, 0.2) is 94.4 Å². The second kappa shape index (κ2) is 9.29. The molecule has 0 fully saturated rings. The number of benzene rings is 3. The molecule has 0 saturated carbocycles. The van der Waals surface area contributed by atoms with Crippen molar-refractivity contribution in [2.45, 2.75) is 19.6 Å². The average Bonchev–Trinajstić information content (AvgIpc) is 3.54. The fourth-order valence-electron chi connectivity index (χ4n) is 4.17. The molecular weight excluding hydrogens is 430 g/mol. The van der Waals surface area contributed by atoms with Crippen LogP contribution in [-0.4, -0.2) is 11.1 Å². The maximum absolute atomic E-state index is 11.5. The number of furan rings is 2. The lowest BCUT2D eigenvalue weighted by atomic mass is 9.99. The van der Waals surface area contributed by atoms with Gasteiger partial charge in [-0.05, 0) is 47.0 Å². The third-order valence-electron chi connectivity index (χ3n) is 5.74. The standard InChI is InChI=1S/C28H23NO5/c29-15-18-3-1-4-20(11-18)25-13-19(12-22-8-10-33-28(22)25)16-34-27-21(14-26(30)31)5-2-6-24(27)23-7-9-32-17-23/h1-13,17H,14-16,29H2,(H,30,31). The summed E-state index contributed by atoms with van der Waals surface area (Å²) in [7, 11) is 0. The Bertz CT molecular complexity index is 1450. The van der Waals surface area contributed by atoms with Crippen LogP contribution >= 0.6 is 0 Å². The molecule has 0 aliphatic carbocycles. The number of aliphatic carboxylic acids is 1. The lowest BCUT2D eigenvalue weighted by Gasteiger charge is -2.15. The van der Waals surface area contributed by atoms with Crippen LogP contribution in [0.2, 0.25) is 0 Å². The molecule has 0 spiro atoms. The Hall–Kier alpha value is -4.29. The molecule has 0 amide bonds. The SMILES string of the molecule is NCc1cccc(-c2cc(COc3c(CC(=O)O)cccc3-c3ccoc3)cc3ccoc23)c1. The molecule has 2 heterocycles. The molecule has 0 aliphatic heterocycles. The summed E-state index contributed by atoms with van der Waals surface area (Å²) in [5.41, 5.74) is 12.8. The first kappa shape index (κ1) is 21.6. The number of hydrogen-bond donors (Lipinski definition) is 2. The fourth-order valence-corrected chi connectivity index (χ4v) is 4.17. The molecule has 34 heavy (non-hydrogen) atoms. The Balaban J connectivity index is 1.53. The minimum Gasteiger partial charge on any atom is -0.488 e. The molecule has 0 saturated heterocycles. The Morgan fingerprint density at radius 2 is 1.79 bits per heavy atom. The van der Waals surface area contributed by atoms with Gasteiger partial charge in [-0.15, -0.1) is 0 Å². The number of ether oxygens (including phenoxy) is 1. The molecule has 2 aromatic heterocycles. The van der Waals surface area contributed by atoms with E-state index in [4.69, 9.17) is 19.3 Å². The maximum atomic E-state index is 11.5. The average molecular weight is 453 g/mol. The third kappa shape index (κ3) is 4.31. The monoisotopic (exact) mass is 453 g/mol. The zero-order chi connectivity index (χ0) is 23.5. The summed E-state index contributed by atoms with van der Waals surface area (Å²) in [4.78, 5) is 11.5. The minimum absolute atomic E-state index is 0.140. The summed E-state index contributed by atoms with van der Waals surface area (Å²) in [5, 5.41) is 10.4. The van der Waals surface area contributed by atoms with Crippen LogP contribution in [0.1, 0.15) is 16.7 Å². The Kier molecular flexibility index (Phi) is 5.89. The Labute approximate surface area is 196 Å². The van der Waals surface area contributed by atoms with E-state index in [9.17, 15) is 9.90 Å². The highest BCUT2D eigenvalue weighted by atomic mass is 16.5. The molecular formula is C28H23NO5. The smallest absolute Gasteiger partial charge is 0.307 e. The highest BCUT2D eigenvalue weighted by Gasteiger charge is 2.16. The summed E-state index contributed by atoms with van der Waals surface area (Å²) in [6.07, 6.45) is 4.73. The van der Waals surface area contributed by atoms with Gasteiger partial charge in [-0.1, -0.05) is 36.4 Å². The van der Waals surface area contributed by atoms with Gasteiger partial charge in [0.15, 0.2) is 0 Å². The highest BCUT2D eigenvalue weighted by Crippen LogP contribution is 2.36. The van der Waals surface area contributed by atoms with E-state index in [1.165, 1.54) is 0 Å². The van der Waals surface area contributed by atoms with Crippen molar-refractivity contribution in [3.05, 3.63) is 102 Å². The van der Waals surface area contributed by atoms with Crippen LogP contribution in [0.25, 0.3) is 33.2 Å². The van der Waals surface area contributed by atoms with Gasteiger partial charge >= 0.3 is 5.97 Å². The van der Waals surface area contributed by atoms with E-state index in [1.54, 1.807) is 24.9 Å². The van der Waals surface area contributed by atoms with E-state index in [2.05, 4.69) is 6.07 Å². The number of para-hydroxylation sites is 1. The number of carbonyl (C=O) groups is 1. The van der Waals surface area contributed by atoms with Gasteiger partial charge in [-0.25, -0.2) is 0 Å². The highest BCUT2D eigenvalue weighted by molar-refractivity contribution is 5.93. The van der Waals surface area contributed by atoms with E-state index in [0.717, 1.165) is 44.3 Å². The normalized spacial score (nSPS) is 11.1. The van der Waals surface area contributed by atoms with Crippen LogP contribution in [-0.2, 0) is 24.4 Å². The first-order chi connectivity index (χ1) is 16.6. The molecule has 0 atom stereocenters. The second-order valence-corrected chi connectivity index (χ2v) is 8.05. The van der Waals surface area contributed by atoms with Crippen molar-refractivity contribution >= 4 is 16.9 Å². The molecule has 0 radical (unpaired) electrons. The van der Waals surface area contributed by atoms with Crippen LogP contribution in [0, 0.1) is 0 Å². The molecule has 5 rings (SSSR count). The largest absolute Gasteiger partial charge is 0.488 e. The number of nitrogens with two attached hydrogens (primary N) is 1. The second-order valence-electron chi connectivity index (χ2n) is 8.05. The van der Waals surface area contributed by atoms with Crippen LogP contribution in [0.3, 0.4) is 0 Å². The number of rotatable bonds is 8. The molecule has 6 heteroatoms. The molecule has 5 aromatic rings. The number of carboxylic acids is 1. The van der Waals surface area contributed by atoms with E-state index in [1.807, 2.05) is 54.6 Å². The van der Waals surface area contributed by atoms with Gasteiger partial charge in [0.2, 0.25) is 0 Å². The summed E-state index contributed by atoms with van der Waals surface area (Å²) in [6, 6.07) is 21.4. The number of hydrogen-bond acceptors (Lipinski definition) is 5. The van der Waals surface area contributed by atoms with Crippen LogP contribution < -0.4 is 10.5 Å². The van der Waals surface area contributed by atoms with Crippen molar-refractivity contribution in [2.75, 3.05) is 0 Å². The minimum atomic E-state index is -0.920. The van der Waals surface area contributed by atoms with Gasteiger partial charge in [-0.3, -0.25) is 4.79 Å². The van der Waals surface area contributed by atoms with Crippen molar-refractivity contribution in [3.63, 3.8) is 0 Å². The number of carboxylic acid groups (broad SMARTS) is 1. The topological polar surface area (TPSA) is 98.8 Å². The molecule has 3 N–H and O–H groups in total. The quantitative estimate of drug-likeness (QED) is 0.298. The van der Waals surface area contributed by atoms with Crippen molar-refractivity contribution in [2.24, 2.45) is 5.73 Å².